The lowest BCUT2D eigenvalue weighted by Crippen LogP contribution is -2.48. The van der Waals surface area contributed by atoms with Crippen molar-refractivity contribution in [3.05, 3.63) is 101 Å². The molecule has 1 saturated heterocycles. The first-order chi connectivity index (χ1) is 23.5. The summed E-state index contributed by atoms with van der Waals surface area (Å²) in [6, 6.07) is 14.9. The number of piperazine rings is 1. The molecule has 6 aromatic rings. The van der Waals surface area contributed by atoms with E-state index in [0.29, 0.717) is 51.1 Å². The number of nitrogens with zero attached hydrogens (tertiary/aromatic N) is 8. The summed E-state index contributed by atoms with van der Waals surface area (Å²) in [6.45, 7) is 14.0. The zero-order valence-corrected chi connectivity index (χ0v) is 28.4. The van der Waals surface area contributed by atoms with Gasteiger partial charge in [0.25, 0.3) is 5.56 Å². The summed E-state index contributed by atoms with van der Waals surface area (Å²) in [5, 5.41) is 23.6. The number of rotatable bonds is 7. The Bertz CT molecular complexity index is 2210. The second-order valence-corrected chi connectivity index (χ2v) is 13.8. The van der Waals surface area contributed by atoms with Crippen molar-refractivity contribution in [1.29, 1.82) is 0 Å². The number of fused-ring (bicyclic) bond motifs is 2. The normalized spacial score (nSPS) is 14.3. The van der Waals surface area contributed by atoms with E-state index < -0.39 is 18.0 Å². The molecular weight excluding hydrogens is 621 g/mol. The van der Waals surface area contributed by atoms with E-state index in [1.807, 2.05) is 45.2 Å². The molecule has 0 atom stereocenters. The van der Waals surface area contributed by atoms with Crippen LogP contribution in [0.4, 0.5) is 21.6 Å². The molecule has 0 amide bonds. The molecule has 2 aromatic carbocycles. The van der Waals surface area contributed by atoms with Gasteiger partial charge in [-0.1, -0.05) is 32.9 Å². The van der Waals surface area contributed by atoms with Crippen LogP contribution in [0.3, 0.4) is 0 Å². The van der Waals surface area contributed by atoms with Gasteiger partial charge in [-0.3, -0.25) is 9.69 Å². The van der Waals surface area contributed by atoms with E-state index in [2.05, 4.69) is 45.1 Å². The number of pyridine rings is 1. The van der Waals surface area contributed by atoms with Gasteiger partial charge in [0.1, 0.15) is 11.6 Å². The summed E-state index contributed by atoms with van der Waals surface area (Å²) in [7, 11) is 0. The van der Waals surface area contributed by atoms with Crippen molar-refractivity contribution in [2.24, 2.45) is 0 Å². The number of nitrogens with one attached hydrogen (secondary N) is 1. The van der Waals surface area contributed by atoms with Crippen LogP contribution in [0, 0.1) is 5.82 Å². The third-order valence-electron chi connectivity index (χ3n) is 9.30. The van der Waals surface area contributed by atoms with Crippen LogP contribution in [-0.2, 0) is 12.0 Å². The molecule has 4 aromatic heterocycles. The minimum Gasteiger partial charge on any atom is -0.392 e. The molecule has 1 fully saturated rings. The molecule has 49 heavy (non-hydrogen) atoms. The van der Waals surface area contributed by atoms with Crippen molar-refractivity contribution in [3.8, 4) is 16.9 Å². The maximum Gasteiger partial charge on any atom is 0.282 e. The maximum absolute atomic E-state index is 15.4. The van der Waals surface area contributed by atoms with Gasteiger partial charge in [0.05, 0.1) is 47.1 Å². The first-order valence-electron chi connectivity index (χ1n) is 16.5. The Morgan fingerprint density at radius 3 is 2.49 bits per heavy atom. The highest BCUT2D eigenvalue weighted by molar-refractivity contribution is 5.83. The van der Waals surface area contributed by atoms with Crippen LogP contribution < -0.4 is 15.8 Å². The quantitative estimate of drug-likeness (QED) is 0.223. The van der Waals surface area contributed by atoms with Crippen LogP contribution in [0.2, 0.25) is 0 Å². The molecule has 1 aliphatic rings. The predicted octanol–water partition coefficient (Wildman–Crippen LogP) is 5.69. The third-order valence-corrected chi connectivity index (χ3v) is 9.30. The largest absolute Gasteiger partial charge is 0.392 e. The molecule has 7 rings (SSSR count). The SMILES string of the molecule is CC(C)N1CCN(c2ccc(Nc3cc(-c4cccc(-n5ncc6cc(C(C)(C)C)cc(F)c6c5=O)c4CO)nn4ccnc34)nc2)CC1. The smallest absolute Gasteiger partial charge is 0.282 e. The topological polar surface area (TPSA) is 117 Å². The molecule has 12 heteroatoms. The molecule has 252 valence electrons. The second-order valence-electron chi connectivity index (χ2n) is 13.8. The Labute approximate surface area is 283 Å². The zero-order chi connectivity index (χ0) is 34.4. The minimum atomic E-state index is -0.612. The molecule has 2 N–H and O–H groups in total. The van der Waals surface area contributed by atoms with Crippen molar-refractivity contribution in [1.82, 2.24) is 34.3 Å². The zero-order valence-electron chi connectivity index (χ0n) is 28.4. The van der Waals surface area contributed by atoms with Crippen molar-refractivity contribution in [2.45, 2.75) is 52.7 Å². The van der Waals surface area contributed by atoms with Crippen LogP contribution in [-0.4, -0.2) is 71.6 Å². The van der Waals surface area contributed by atoms with Gasteiger partial charge in [0.2, 0.25) is 0 Å². The Balaban J connectivity index is 1.23. The Hall–Kier alpha value is -5.20. The van der Waals surface area contributed by atoms with E-state index in [9.17, 15) is 9.90 Å². The van der Waals surface area contributed by atoms with Crippen LogP contribution in [0.25, 0.3) is 33.4 Å². The fourth-order valence-electron chi connectivity index (χ4n) is 6.44. The highest BCUT2D eigenvalue weighted by Gasteiger charge is 2.22. The average molecular weight is 662 g/mol. The van der Waals surface area contributed by atoms with E-state index in [4.69, 9.17) is 10.1 Å². The van der Waals surface area contributed by atoms with Crippen LogP contribution >= 0.6 is 0 Å². The number of hydrogen-bond acceptors (Lipinski definition) is 9. The van der Waals surface area contributed by atoms with Gasteiger partial charge in [0, 0.05) is 61.1 Å². The van der Waals surface area contributed by atoms with Crippen molar-refractivity contribution < 1.29 is 9.50 Å². The van der Waals surface area contributed by atoms with Gasteiger partial charge in [-0.2, -0.15) is 14.9 Å². The standard InChI is InChI=1S/C37H40FN9O2/c1-23(2)44-13-15-45(16-14-44)26-9-10-33(40-21-26)42-31-19-30(43-46-12-11-39-35(31)46)27-7-6-8-32(28(27)22-48)47-36(49)34-24(20-41-47)17-25(18-29(34)38)37(3,4)5/h6-12,17-21,23,48H,13-16,22H2,1-5H3,(H,40,42). The van der Waals surface area contributed by atoms with Crippen molar-refractivity contribution in [2.75, 3.05) is 36.4 Å². The first kappa shape index (κ1) is 32.4. The van der Waals surface area contributed by atoms with E-state index in [0.717, 1.165) is 42.1 Å². The van der Waals surface area contributed by atoms with E-state index in [1.165, 1.54) is 12.3 Å². The number of benzene rings is 2. The molecule has 0 spiro atoms. The van der Waals surface area contributed by atoms with Crippen molar-refractivity contribution >= 4 is 33.6 Å². The number of halogens is 1. The summed E-state index contributed by atoms with van der Waals surface area (Å²) < 4.78 is 18.2. The first-order valence-corrected chi connectivity index (χ1v) is 16.5. The summed E-state index contributed by atoms with van der Waals surface area (Å²) in [5.41, 5.74) is 4.04. The monoisotopic (exact) mass is 661 g/mol. The van der Waals surface area contributed by atoms with Gasteiger partial charge < -0.3 is 15.3 Å². The number of anilines is 3. The number of aliphatic hydroxyl groups is 1. The molecule has 1 aliphatic heterocycles. The summed E-state index contributed by atoms with van der Waals surface area (Å²) >= 11 is 0. The Morgan fingerprint density at radius 2 is 1.80 bits per heavy atom. The van der Waals surface area contributed by atoms with Gasteiger partial charge in [-0.05, 0) is 61.2 Å². The lowest BCUT2D eigenvalue weighted by molar-refractivity contribution is 0.209. The van der Waals surface area contributed by atoms with E-state index in [-0.39, 0.29) is 10.8 Å². The lowest BCUT2D eigenvalue weighted by Gasteiger charge is -2.38. The maximum atomic E-state index is 15.4. The van der Waals surface area contributed by atoms with Crippen LogP contribution in [0.1, 0.15) is 45.7 Å². The lowest BCUT2D eigenvalue weighted by atomic mass is 9.86. The Morgan fingerprint density at radius 1 is 1.00 bits per heavy atom. The molecule has 0 radical (unpaired) electrons. The van der Waals surface area contributed by atoms with Gasteiger partial charge in [-0.15, -0.1) is 0 Å². The number of aromatic nitrogens is 6. The van der Waals surface area contributed by atoms with E-state index in [1.54, 1.807) is 35.1 Å². The Kier molecular flexibility index (Phi) is 8.37. The number of hydrogen-bond donors (Lipinski definition) is 2. The fourth-order valence-corrected chi connectivity index (χ4v) is 6.44. The van der Waals surface area contributed by atoms with Crippen LogP contribution in [0.5, 0.6) is 0 Å². The summed E-state index contributed by atoms with van der Waals surface area (Å²) in [5.74, 6) is 0.0369. The highest BCUT2D eigenvalue weighted by atomic mass is 19.1. The highest BCUT2D eigenvalue weighted by Crippen LogP contribution is 2.32. The van der Waals surface area contributed by atoms with Gasteiger partial charge in [0.15, 0.2) is 5.65 Å². The minimum absolute atomic E-state index is 0.0573. The molecule has 0 aliphatic carbocycles. The molecule has 5 heterocycles. The number of imidazole rings is 1. The molecule has 11 nitrogen and oxygen atoms in total. The van der Waals surface area contributed by atoms with Crippen molar-refractivity contribution in [3.63, 3.8) is 0 Å². The molecule has 0 bridgehead atoms. The van der Waals surface area contributed by atoms with E-state index >= 15 is 4.39 Å². The van der Waals surface area contributed by atoms with Crippen LogP contribution in [0.15, 0.2) is 78.1 Å². The third kappa shape index (κ3) is 6.13. The molecule has 0 saturated carbocycles. The average Bonchev–Trinajstić information content (AvgIpc) is 3.57. The molecule has 0 unspecified atom stereocenters. The summed E-state index contributed by atoms with van der Waals surface area (Å²) in [4.78, 5) is 27.7. The number of aliphatic hydroxyl groups excluding tert-OH is 1. The molecular formula is C37H40FN9O2. The van der Waals surface area contributed by atoms with Gasteiger partial charge >= 0.3 is 0 Å². The summed E-state index contributed by atoms with van der Waals surface area (Å²) in [6.07, 6.45) is 6.77. The predicted molar refractivity (Wildman–Crippen MR) is 190 cm³/mol. The van der Waals surface area contributed by atoms with Gasteiger partial charge in [-0.25, -0.2) is 18.9 Å². The second kappa shape index (κ2) is 12.7. The fraction of sp³-hybridized carbons (Fsp3) is 0.324.